The molecule has 25 heavy (non-hydrogen) atoms. The van der Waals surface area contributed by atoms with E-state index in [9.17, 15) is 9.18 Å². The van der Waals surface area contributed by atoms with Crippen LogP contribution in [-0.2, 0) is 6.54 Å². The van der Waals surface area contributed by atoms with Crippen molar-refractivity contribution in [3.63, 3.8) is 0 Å². The summed E-state index contributed by atoms with van der Waals surface area (Å²) in [7, 11) is 3.95. The standard InChI is InChI=1S/C17H18FN5O2/c1-22(2)7-8-23-11-12(10-19-23)20-17(24)15-9-16(25-21-15)13-5-3-4-6-14(13)18/h3-6,9-11H,7-8H2,1-2H3,(H,20,24). The highest BCUT2D eigenvalue weighted by Gasteiger charge is 2.16. The van der Waals surface area contributed by atoms with E-state index in [1.807, 2.05) is 19.0 Å². The predicted octanol–water partition coefficient (Wildman–Crippen LogP) is 2.49. The summed E-state index contributed by atoms with van der Waals surface area (Å²) in [5, 5.41) is 10.6. The summed E-state index contributed by atoms with van der Waals surface area (Å²) in [4.78, 5) is 14.3. The number of amides is 1. The summed E-state index contributed by atoms with van der Waals surface area (Å²) in [6.07, 6.45) is 3.30. The highest BCUT2D eigenvalue weighted by Crippen LogP contribution is 2.23. The molecule has 0 bridgehead atoms. The fourth-order valence-electron chi connectivity index (χ4n) is 2.22. The van der Waals surface area contributed by atoms with E-state index in [-0.39, 0.29) is 17.0 Å². The molecule has 1 aromatic carbocycles. The molecule has 0 spiro atoms. The Labute approximate surface area is 144 Å². The van der Waals surface area contributed by atoms with Crippen LogP contribution in [0.5, 0.6) is 0 Å². The maximum Gasteiger partial charge on any atom is 0.277 e. The lowest BCUT2D eigenvalue weighted by molar-refractivity contribution is 0.101. The molecule has 2 heterocycles. The lowest BCUT2D eigenvalue weighted by Crippen LogP contribution is -2.18. The Balaban J connectivity index is 1.67. The molecule has 0 aliphatic heterocycles. The normalized spacial score (nSPS) is 11.0. The van der Waals surface area contributed by atoms with Crippen molar-refractivity contribution in [1.29, 1.82) is 0 Å². The van der Waals surface area contributed by atoms with Gasteiger partial charge in [-0.3, -0.25) is 9.48 Å². The average Bonchev–Trinajstić information content (AvgIpc) is 3.23. The second-order valence-electron chi connectivity index (χ2n) is 5.81. The van der Waals surface area contributed by atoms with Gasteiger partial charge in [0.15, 0.2) is 11.5 Å². The fourth-order valence-corrected chi connectivity index (χ4v) is 2.22. The van der Waals surface area contributed by atoms with E-state index in [0.717, 1.165) is 6.54 Å². The molecule has 1 amide bonds. The summed E-state index contributed by atoms with van der Waals surface area (Å²) in [5.74, 6) is -0.684. The molecule has 1 N–H and O–H groups in total. The van der Waals surface area contributed by atoms with Crippen LogP contribution < -0.4 is 5.32 Å². The first-order chi connectivity index (χ1) is 12.0. The molecular weight excluding hydrogens is 325 g/mol. The number of nitrogens with one attached hydrogen (secondary N) is 1. The number of halogens is 1. The first-order valence-corrected chi connectivity index (χ1v) is 7.73. The first kappa shape index (κ1) is 16.8. The van der Waals surface area contributed by atoms with E-state index in [1.165, 1.54) is 12.1 Å². The third kappa shape index (κ3) is 4.10. The van der Waals surface area contributed by atoms with Crippen molar-refractivity contribution in [3.8, 4) is 11.3 Å². The van der Waals surface area contributed by atoms with Crippen LogP contribution in [0.15, 0.2) is 47.2 Å². The van der Waals surface area contributed by atoms with Crippen LogP contribution in [0.25, 0.3) is 11.3 Å². The van der Waals surface area contributed by atoms with E-state index >= 15 is 0 Å². The van der Waals surface area contributed by atoms with Gasteiger partial charge in [0.1, 0.15) is 5.82 Å². The molecule has 130 valence electrons. The molecule has 7 nitrogen and oxygen atoms in total. The molecule has 0 saturated carbocycles. The van der Waals surface area contributed by atoms with Gasteiger partial charge in [0.25, 0.3) is 5.91 Å². The van der Waals surface area contributed by atoms with Gasteiger partial charge in [-0.2, -0.15) is 5.10 Å². The minimum absolute atomic E-state index is 0.0688. The third-order valence-corrected chi connectivity index (χ3v) is 3.55. The summed E-state index contributed by atoms with van der Waals surface area (Å²) in [6.45, 7) is 1.55. The maximum absolute atomic E-state index is 13.8. The number of anilines is 1. The van der Waals surface area contributed by atoms with Crippen molar-refractivity contribution in [1.82, 2.24) is 19.8 Å². The number of likely N-dealkylation sites (N-methyl/N-ethyl adjacent to an activating group) is 1. The molecule has 0 fully saturated rings. The van der Waals surface area contributed by atoms with Crippen LogP contribution >= 0.6 is 0 Å². The third-order valence-electron chi connectivity index (χ3n) is 3.55. The van der Waals surface area contributed by atoms with E-state index in [1.54, 1.807) is 35.3 Å². The largest absolute Gasteiger partial charge is 0.355 e. The van der Waals surface area contributed by atoms with Crippen LogP contribution in [0, 0.1) is 5.82 Å². The van der Waals surface area contributed by atoms with E-state index in [4.69, 9.17) is 4.52 Å². The Kier molecular flexibility index (Phi) is 4.90. The van der Waals surface area contributed by atoms with Crippen molar-refractivity contribution >= 4 is 11.6 Å². The smallest absolute Gasteiger partial charge is 0.277 e. The summed E-state index contributed by atoms with van der Waals surface area (Å²) >= 11 is 0. The Morgan fingerprint density at radius 3 is 2.92 bits per heavy atom. The van der Waals surface area contributed by atoms with E-state index in [0.29, 0.717) is 12.2 Å². The summed E-state index contributed by atoms with van der Waals surface area (Å²) < 4.78 is 20.6. The Morgan fingerprint density at radius 1 is 1.36 bits per heavy atom. The van der Waals surface area contributed by atoms with Gasteiger partial charge in [0.05, 0.1) is 24.0 Å². The number of rotatable bonds is 6. The lowest BCUT2D eigenvalue weighted by atomic mass is 10.1. The average molecular weight is 343 g/mol. The van der Waals surface area contributed by atoms with Gasteiger partial charge in [-0.25, -0.2) is 4.39 Å². The Morgan fingerprint density at radius 2 is 2.16 bits per heavy atom. The zero-order chi connectivity index (χ0) is 17.8. The van der Waals surface area contributed by atoms with Gasteiger partial charge < -0.3 is 14.7 Å². The first-order valence-electron chi connectivity index (χ1n) is 7.73. The molecule has 0 saturated heterocycles. The number of benzene rings is 1. The van der Waals surface area contributed by atoms with E-state index in [2.05, 4.69) is 15.6 Å². The molecule has 3 aromatic rings. The lowest BCUT2D eigenvalue weighted by Gasteiger charge is -2.08. The SMILES string of the molecule is CN(C)CCn1cc(NC(=O)c2cc(-c3ccccc3F)on2)cn1. The molecule has 0 unspecified atom stereocenters. The monoisotopic (exact) mass is 343 g/mol. The molecule has 8 heteroatoms. The summed E-state index contributed by atoms with van der Waals surface area (Å²) in [6, 6.07) is 7.55. The van der Waals surface area contributed by atoms with Gasteiger partial charge in [-0.05, 0) is 26.2 Å². The predicted molar refractivity (Wildman–Crippen MR) is 90.6 cm³/mol. The highest BCUT2D eigenvalue weighted by molar-refractivity contribution is 6.03. The number of aromatic nitrogens is 3. The minimum Gasteiger partial charge on any atom is -0.355 e. The zero-order valence-corrected chi connectivity index (χ0v) is 13.9. The molecule has 0 atom stereocenters. The van der Waals surface area contributed by atoms with Crippen LogP contribution in [-0.4, -0.2) is 46.4 Å². The van der Waals surface area contributed by atoms with Crippen LogP contribution in [0.1, 0.15) is 10.5 Å². The summed E-state index contributed by atoms with van der Waals surface area (Å²) in [5.41, 5.74) is 0.879. The van der Waals surface area contributed by atoms with Crippen molar-refractivity contribution in [2.24, 2.45) is 0 Å². The van der Waals surface area contributed by atoms with Gasteiger partial charge in [-0.15, -0.1) is 0 Å². The minimum atomic E-state index is -0.446. The van der Waals surface area contributed by atoms with Crippen molar-refractivity contribution < 1.29 is 13.7 Å². The van der Waals surface area contributed by atoms with Gasteiger partial charge in [0, 0.05) is 18.8 Å². The number of carbonyl (C=O) groups is 1. The Hall–Kier alpha value is -3.00. The molecule has 0 aliphatic rings. The second kappa shape index (κ2) is 7.27. The number of hydrogen-bond acceptors (Lipinski definition) is 5. The van der Waals surface area contributed by atoms with Gasteiger partial charge >= 0.3 is 0 Å². The molecule has 2 aromatic heterocycles. The van der Waals surface area contributed by atoms with Crippen LogP contribution in [0.4, 0.5) is 10.1 Å². The molecular formula is C17H18FN5O2. The van der Waals surface area contributed by atoms with Crippen molar-refractivity contribution in [2.75, 3.05) is 26.0 Å². The van der Waals surface area contributed by atoms with Crippen molar-refractivity contribution in [2.45, 2.75) is 6.54 Å². The van der Waals surface area contributed by atoms with Crippen LogP contribution in [0.3, 0.4) is 0 Å². The molecule has 0 aliphatic carbocycles. The number of carbonyl (C=O) groups excluding carboxylic acids is 1. The maximum atomic E-state index is 13.8. The quantitative estimate of drug-likeness (QED) is 0.744. The molecule has 0 radical (unpaired) electrons. The number of nitrogens with zero attached hydrogens (tertiary/aromatic N) is 4. The zero-order valence-electron chi connectivity index (χ0n) is 13.9. The van der Waals surface area contributed by atoms with Crippen molar-refractivity contribution in [3.05, 3.63) is 54.2 Å². The Bertz CT molecular complexity index is 871. The van der Waals surface area contributed by atoms with Gasteiger partial charge in [-0.1, -0.05) is 17.3 Å². The van der Waals surface area contributed by atoms with Crippen LogP contribution in [0.2, 0.25) is 0 Å². The fraction of sp³-hybridized carbons (Fsp3) is 0.235. The number of hydrogen-bond donors (Lipinski definition) is 1. The topological polar surface area (TPSA) is 76.2 Å². The second-order valence-corrected chi connectivity index (χ2v) is 5.81. The van der Waals surface area contributed by atoms with Gasteiger partial charge in [0.2, 0.25) is 0 Å². The van der Waals surface area contributed by atoms with E-state index < -0.39 is 11.7 Å². The highest BCUT2D eigenvalue weighted by atomic mass is 19.1. The molecule has 3 rings (SSSR count).